The maximum atomic E-state index is 6.24. The van der Waals surface area contributed by atoms with E-state index in [4.69, 9.17) is 4.74 Å². The van der Waals surface area contributed by atoms with Gasteiger partial charge in [-0.15, -0.1) is 0 Å². The van der Waals surface area contributed by atoms with Gasteiger partial charge in [-0.2, -0.15) is 0 Å². The first-order chi connectivity index (χ1) is 14.3. The van der Waals surface area contributed by atoms with Gasteiger partial charge in [0.2, 0.25) is 0 Å². The van der Waals surface area contributed by atoms with Crippen molar-refractivity contribution in [2.24, 2.45) is 17.8 Å². The standard InChI is InChI=1S/C28H54O/c1-3-5-7-9-10-12-14-24-29-28-22-20-27(21-23-28)26-18-16-25(17-19-26)15-13-11-8-6-4-2/h25-28H,3-24H2,1-2H3/t25?,26?,27-,28-. The predicted octanol–water partition coefficient (Wildman–Crippen LogP) is 9.48. The van der Waals surface area contributed by atoms with E-state index in [1.807, 2.05) is 0 Å². The molecule has 0 aliphatic heterocycles. The minimum Gasteiger partial charge on any atom is -0.378 e. The van der Waals surface area contributed by atoms with E-state index in [9.17, 15) is 0 Å². The molecule has 2 saturated carbocycles. The Morgan fingerprint density at radius 3 is 1.59 bits per heavy atom. The zero-order valence-corrected chi connectivity index (χ0v) is 20.3. The second-order valence-electron chi connectivity index (χ2n) is 10.5. The molecule has 0 unspecified atom stereocenters. The molecule has 0 saturated heterocycles. The van der Waals surface area contributed by atoms with Gasteiger partial charge in [0.1, 0.15) is 0 Å². The van der Waals surface area contributed by atoms with Crippen molar-refractivity contribution in [1.82, 2.24) is 0 Å². The highest BCUT2D eigenvalue weighted by atomic mass is 16.5. The molecule has 0 radical (unpaired) electrons. The lowest BCUT2D eigenvalue weighted by atomic mass is 9.70. The Kier molecular flexibility index (Phi) is 14.5. The predicted molar refractivity (Wildman–Crippen MR) is 129 cm³/mol. The van der Waals surface area contributed by atoms with Crippen LogP contribution < -0.4 is 0 Å². The number of unbranched alkanes of at least 4 members (excludes halogenated alkanes) is 10. The van der Waals surface area contributed by atoms with Gasteiger partial charge in [-0.05, 0) is 62.7 Å². The zero-order valence-electron chi connectivity index (χ0n) is 20.3. The van der Waals surface area contributed by atoms with Crippen LogP contribution in [-0.4, -0.2) is 12.7 Å². The van der Waals surface area contributed by atoms with Crippen molar-refractivity contribution in [3.63, 3.8) is 0 Å². The van der Waals surface area contributed by atoms with Crippen LogP contribution in [0.5, 0.6) is 0 Å². The van der Waals surface area contributed by atoms with Crippen LogP contribution in [0.1, 0.15) is 149 Å². The van der Waals surface area contributed by atoms with Crippen LogP contribution in [0.25, 0.3) is 0 Å². The fraction of sp³-hybridized carbons (Fsp3) is 1.00. The van der Waals surface area contributed by atoms with Crippen LogP contribution in [0.3, 0.4) is 0 Å². The van der Waals surface area contributed by atoms with Crippen molar-refractivity contribution in [2.75, 3.05) is 6.61 Å². The zero-order chi connectivity index (χ0) is 20.6. The molecule has 1 nitrogen and oxygen atoms in total. The Hall–Kier alpha value is -0.0400. The molecule has 0 aromatic carbocycles. The summed E-state index contributed by atoms with van der Waals surface area (Å²) in [4.78, 5) is 0. The first-order valence-corrected chi connectivity index (χ1v) is 13.9. The van der Waals surface area contributed by atoms with E-state index in [0.717, 1.165) is 24.4 Å². The Bertz CT molecular complexity index is 349. The highest BCUT2D eigenvalue weighted by Crippen LogP contribution is 2.41. The first-order valence-electron chi connectivity index (χ1n) is 13.9. The van der Waals surface area contributed by atoms with Crippen molar-refractivity contribution < 1.29 is 4.74 Å². The summed E-state index contributed by atoms with van der Waals surface area (Å²) in [5.41, 5.74) is 0. The van der Waals surface area contributed by atoms with Crippen molar-refractivity contribution in [1.29, 1.82) is 0 Å². The van der Waals surface area contributed by atoms with Gasteiger partial charge in [-0.25, -0.2) is 0 Å². The third-order valence-electron chi connectivity index (χ3n) is 8.09. The van der Waals surface area contributed by atoms with Gasteiger partial charge in [0.25, 0.3) is 0 Å². The fourth-order valence-corrected chi connectivity index (χ4v) is 6.02. The highest BCUT2D eigenvalue weighted by molar-refractivity contribution is 4.82. The van der Waals surface area contributed by atoms with Crippen LogP contribution in [0, 0.1) is 17.8 Å². The molecule has 29 heavy (non-hydrogen) atoms. The summed E-state index contributed by atoms with van der Waals surface area (Å²) in [6.45, 7) is 5.63. The summed E-state index contributed by atoms with van der Waals surface area (Å²) in [7, 11) is 0. The molecule has 2 rings (SSSR count). The lowest BCUT2D eigenvalue weighted by molar-refractivity contribution is 0.00526. The normalized spacial score (nSPS) is 27.9. The molecule has 0 N–H and O–H groups in total. The second kappa shape index (κ2) is 16.6. The molecule has 0 bridgehead atoms. The first kappa shape index (κ1) is 25.2. The van der Waals surface area contributed by atoms with Gasteiger partial charge in [0, 0.05) is 6.61 Å². The molecule has 0 spiro atoms. The SMILES string of the molecule is CCCCCCCCCO[C@H]1CC[C@H](C2CCC(CCCCCCC)CC2)CC1. The molecule has 0 amide bonds. The van der Waals surface area contributed by atoms with E-state index < -0.39 is 0 Å². The monoisotopic (exact) mass is 406 g/mol. The van der Waals surface area contributed by atoms with E-state index in [0.29, 0.717) is 6.10 Å². The Labute approximate surface area is 184 Å². The summed E-state index contributed by atoms with van der Waals surface area (Å²) in [5.74, 6) is 3.14. The maximum Gasteiger partial charge on any atom is 0.0575 e. The quantitative estimate of drug-likeness (QED) is 0.232. The Morgan fingerprint density at radius 1 is 0.517 bits per heavy atom. The molecule has 1 heteroatoms. The van der Waals surface area contributed by atoms with Gasteiger partial charge in [-0.1, -0.05) is 104 Å². The largest absolute Gasteiger partial charge is 0.378 e. The van der Waals surface area contributed by atoms with Crippen molar-refractivity contribution in [3.05, 3.63) is 0 Å². The van der Waals surface area contributed by atoms with Crippen LogP contribution >= 0.6 is 0 Å². The minimum atomic E-state index is 0.589. The second-order valence-corrected chi connectivity index (χ2v) is 10.5. The van der Waals surface area contributed by atoms with Crippen LogP contribution in [0.2, 0.25) is 0 Å². The van der Waals surface area contributed by atoms with Gasteiger partial charge in [0.15, 0.2) is 0 Å². The molecule has 2 fully saturated rings. The smallest absolute Gasteiger partial charge is 0.0575 e. The van der Waals surface area contributed by atoms with Gasteiger partial charge in [-0.3, -0.25) is 0 Å². The van der Waals surface area contributed by atoms with E-state index >= 15 is 0 Å². The minimum absolute atomic E-state index is 0.589. The Balaban J connectivity index is 1.44. The van der Waals surface area contributed by atoms with Crippen molar-refractivity contribution in [3.8, 4) is 0 Å². The van der Waals surface area contributed by atoms with Crippen molar-refractivity contribution >= 4 is 0 Å². The summed E-state index contributed by atoms with van der Waals surface area (Å²) in [6, 6.07) is 0. The fourth-order valence-electron chi connectivity index (χ4n) is 6.02. The lowest BCUT2D eigenvalue weighted by Gasteiger charge is -2.38. The average Bonchev–Trinajstić information content (AvgIpc) is 2.76. The Morgan fingerprint density at radius 2 is 1.00 bits per heavy atom. The molecule has 0 atom stereocenters. The van der Waals surface area contributed by atoms with E-state index in [2.05, 4.69) is 13.8 Å². The van der Waals surface area contributed by atoms with E-state index in [-0.39, 0.29) is 0 Å². The average molecular weight is 407 g/mol. The van der Waals surface area contributed by atoms with Crippen molar-refractivity contribution in [2.45, 2.75) is 155 Å². The molecule has 0 aromatic heterocycles. The number of ether oxygens (including phenoxy) is 1. The van der Waals surface area contributed by atoms with Gasteiger partial charge < -0.3 is 4.74 Å². The summed E-state index contributed by atoms with van der Waals surface area (Å²) in [5, 5.41) is 0. The summed E-state index contributed by atoms with van der Waals surface area (Å²) in [6.07, 6.45) is 30.8. The summed E-state index contributed by atoms with van der Waals surface area (Å²) < 4.78 is 6.24. The van der Waals surface area contributed by atoms with Gasteiger partial charge in [0.05, 0.1) is 6.10 Å². The van der Waals surface area contributed by atoms with Gasteiger partial charge >= 0.3 is 0 Å². The third-order valence-corrected chi connectivity index (χ3v) is 8.09. The molecule has 0 aromatic rings. The highest BCUT2D eigenvalue weighted by Gasteiger charge is 2.30. The maximum absolute atomic E-state index is 6.24. The number of hydrogen-bond donors (Lipinski definition) is 0. The molecular weight excluding hydrogens is 352 g/mol. The lowest BCUT2D eigenvalue weighted by Crippen LogP contribution is -2.28. The molecule has 2 aliphatic rings. The molecule has 2 aliphatic carbocycles. The van der Waals surface area contributed by atoms with E-state index in [1.165, 1.54) is 135 Å². The van der Waals surface area contributed by atoms with Crippen LogP contribution in [0.15, 0.2) is 0 Å². The molecule has 0 heterocycles. The van der Waals surface area contributed by atoms with E-state index in [1.54, 1.807) is 0 Å². The van der Waals surface area contributed by atoms with Crippen LogP contribution in [-0.2, 0) is 4.74 Å². The summed E-state index contributed by atoms with van der Waals surface area (Å²) >= 11 is 0. The number of rotatable bonds is 16. The van der Waals surface area contributed by atoms with Crippen LogP contribution in [0.4, 0.5) is 0 Å². The topological polar surface area (TPSA) is 9.23 Å². The number of hydrogen-bond acceptors (Lipinski definition) is 1. The molecular formula is C28H54O. The molecule has 172 valence electrons. The third kappa shape index (κ3) is 11.2.